The van der Waals surface area contributed by atoms with Gasteiger partial charge < -0.3 is 5.32 Å². The van der Waals surface area contributed by atoms with Crippen LogP contribution in [0.3, 0.4) is 0 Å². The summed E-state index contributed by atoms with van der Waals surface area (Å²) in [5.74, 6) is 0.229. The minimum atomic E-state index is -0.178. The number of amides is 1. The number of hydrogen-bond acceptors (Lipinski definition) is 1. The van der Waals surface area contributed by atoms with Crippen LogP contribution in [0.5, 0.6) is 0 Å². The molecule has 16 heavy (non-hydrogen) atoms. The Labute approximate surface area is 121 Å². The Kier molecular flexibility index (Phi) is 5.47. The summed E-state index contributed by atoms with van der Waals surface area (Å²) in [4.78, 5) is 11.6. The number of carbonyl (C=O) groups is 1. The molecule has 1 aromatic rings. The fraction of sp³-hybridized carbons (Fsp3) is 0.364. The predicted octanol–water partition coefficient (Wildman–Crippen LogP) is 4.57. The molecule has 0 aromatic heterocycles. The molecule has 1 aromatic carbocycles. The van der Waals surface area contributed by atoms with Crippen LogP contribution in [-0.2, 0) is 4.79 Å². The highest BCUT2D eigenvalue weighted by atomic mass is 79.9. The Balaban J connectivity index is 2.77. The Hall–Kier alpha value is 0.130. The molecule has 0 heterocycles. The molecule has 1 N–H and O–H groups in total. The highest BCUT2D eigenvalue weighted by molar-refractivity contribution is 9.11. The molecule has 1 rings (SSSR count). The lowest BCUT2D eigenvalue weighted by Gasteiger charge is -2.14. The molecule has 0 aliphatic carbocycles. The van der Waals surface area contributed by atoms with E-state index >= 15 is 0 Å². The molecule has 0 fully saturated rings. The quantitative estimate of drug-likeness (QED) is 0.722. The second kappa shape index (κ2) is 6.17. The summed E-state index contributed by atoms with van der Waals surface area (Å²) < 4.78 is 1.83. The van der Waals surface area contributed by atoms with E-state index in [2.05, 4.69) is 53.1 Å². The van der Waals surface area contributed by atoms with Crippen molar-refractivity contribution in [2.45, 2.75) is 18.7 Å². The summed E-state index contributed by atoms with van der Waals surface area (Å²) in [6.07, 6.45) is 0. The van der Waals surface area contributed by atoms with Gasteiger partial charge in [0.15, 0.2) is 0 Å². The number of rotatable bonds is 3. The van der Waals surface area contributed by atoms with E-state index in [0.29, 0.717) is 0 Å². The molecule has 0 aliphatic heterocycles. The summed E-state index contributed by atoms with van der Waals surface area (Å²) in [6, 6.07) is 5.64. The first kappa shape index (κ1) is 14.2. The Morgan fingerprint density at radius 1 is 1.31 bits per heavy atom. The smallest absolute Gasteiger partial charge is 0.238 e. The number of benzene rings is 1. The first-order valence-corrected chi connectivity index (χ1v) is 7.32. The molecule has 5 heteroatoms. The molecule has 88 valence electrons. The lowest BCUT2D eigenvalue weighted by molar-refractivity contribution is -0.116. The predicted molar refractivity (Wildman–Crippen MR) is 78.0 cm³/mol. The SMILES string of the molecule is CC(C)C(Br)C(=O)Nc1ccc(Br)cc1Br. The molecule has 0 saturated carbocycles. The third-order valence-corrected chi connectivity index (χ3v) is 4.65. The number of anilines is 1. The molecular weight excluding hydrogens is 402 g/mol. The Morgan fingerprint density at radius 3 is 2.44 bits per heavy atom. The van der Waals surface area contributed by atoms with Crippen molar-refractivity contribution in [1.29, 1.82) is 0 Å². The average Bonchev–Trinajstić information content (AvgIpc) is 2.20. The number of halogens is 3. The van der Waals surface area contributed by atoms with Crippen LogP contribution in [0.1, 0.15) is 13.8 Å². The maximum Gasteiger partial charge on any atom is 0.238 e. The topological polar surface area (TPSA) is 29.1 Å². The normalized spacial score (nSPS) is 12.6. The molecule has 0 bridgehead atoms. The van der Waals surface area contributed by atoms with Gasteiger partial charge in [-0.2, -0.15) is 0 Å². The Morgan fingerprint density at radius 2 is 1.94 bits per heavy atom. The number of nitrogens with one attached hydrogen (secondary N) is 1. The second-order valence-electron chi connectivity index (χ2n) is 3.76. The van der Waals surface area contributed by atoms with Crippen molar-refractivity contribution in [3.63, 3.8) is 0 Å². The van der Waals surface area contributed by atoms with Gasteiger partial charge in [-0.25, -0.2) is 0 Å². The van der Waals surface area contributed by atoms with Gasteiger partial charge in [-0.1, -0.05) is 45.7 Å². The average molecular weight is 414 g/mol. The zero-order valence-corrected chi connectivity index (χ0v) is 13.7. The summed E-state index contributed by atoms with van der Waals surface area (Å²) in [7, 11) is 0. The monoisotopic (exact) mass is 411 g/mol. The summed E-state index contributed by atoms with van der Waals surface area (Å²) in [5.41, 5.74) is 0.776. The lowest BCUT2D eigenvalue weighted by Crippen LogP contribution is -2.27. The van der Waals surface area contributed by atoms with Crippen molar-refractivity contribution in [1.82, 2.24) is 0 Å². The van der Waals surface area contributed by atoms with Gasteiger partial charge in [0.05, 0.1) is 10.5 Å². The highest BCUT2D eigenvalue weighted by Gasteiger charge is 2.19. The fourth-order valence-corrected chi connectivity index (χ4v) is 2.36. The third-order valence-electron chi connectivity index (χ3n) is 2.02. The van der Waals surface area contributed by atoms with Crippen LogP contribution in [0.2, 0.25) is 0 Å². The van der Waals surface area contributed by atoms with Gasteiger partial charge in [-0.15, -0.1) is 0 Å². The maximum atomic E-state index is 11.8. The molecule has 0 radical (unpaired) electrons. The van der Waals surface area contributed by atoms with Crippen molar-refractivity contribution in [3.8, 4) is 0 Å². The van der Waals surface area contributed by atoms with E-state index in [1.54, 1.807) is 0 Å². The van der Waals surface area contributed by atoms with E-state index in [9.17, 15) is 4.79 Å². The van der Waals surface area contributed by atoms with Crippen LogP contribution in [-0.4, -0.2) is 10.7 Å². The largest absolute Gasteiger partial charge is 0.324 e. The van der Waals surface area contributed by atoms with E-state index < -0.39 is 0 Å². The molecule has 2 nitrogen and oxygen atoms in total. The first-order valence-electron chi connectivity index (χ1n) is 4.82. The Bertz CT molecular complexity index is 393. The molecule has 0 aliphatic rings. The molecule has 1 unspecified atom stereocenters. The number of carbonyl (C=O) groups excluding carboxylic acids is 1. The van der Waals surface area contributed by atoms with Crippen LogP contribution in [0.25, 0.3) is 0 Å². The molecule has 0 saturated heterocycles. The van der Waals surface area contributed by atoms with Crippen molar-refractivity contribution < 1.29 is 4.79 Å². The maximum absolute atomic E-state index is 11.8. The summed E-state index contributed by atoms with van der Waals surface area (Å²) >= 11 is 10.1. The van der Waals surface area contributed by atoms with Crippen LogP contribution in [0.15, 0.2) is 27.1 Å². The third kappa shape index (κ3) is 3.86. The fourth-order valence-electron chi connectivity index (χ4n) is 1.10. The van der Waals surface area contributed by atoms with Gasteiger partial charge in [0.1, 0.15) is 0 Å². The van der Waals surface area contributed by atoms with Gasteiger partial charge in [-0.05, 0) is 40.0 Å². The van der Waals surface area contributed by atoms with Crippen molar-refractivity contribution in [3.05, 3.63) is 27.1 Å². The van der Waals surface area contributed by atoms with Crippen LogP contribution in [0, 0.1) is 5.92 Å². The standard InChI is InChI=1S/C11H12Br3NO/c1-6(2)10(14)11(16)15-9-4-3-7(12)5-8(9)13/h3-6,10H,1-2H3,(H,15,16). The minimum absolute atomic E-state index is 0.0296. The van der Waals surface area contributed by atoms with Crippen molar-refractivity contribution >= 4 is 59.4 Å². The zero-order valence-electron chi connectivity index (χ0n) is 8.93. The minimum Gasteiger partial charge on any atom is -0.324 e. The van der Waals surface area contributed by atoms with Crippen LogP contribution >= 0.6 is 47.8 Å². The first-order chi connectivity index (χ1) is 7.41. The molecule has 1 amide bonds. The van der Waals surface area contributed by atoms with E-state index in [-0.39, 0.29) is 16.7 Å². The molecular formula is C11H12Br3NO. The van der Waals surface area contributed by atoms with Gasteiger partial charge in [0.2, 0.25) is 5.91 Å². The number of alkyl halides is 1. The van der Waals surface area contributed by atoms with Crippen LogP contribution in [0.4, 0.5) is 5.69 Å². The van der Waals surface area contributed by atoms with Gasteiger partial charge in [0.25, 0.3) is 0 Å². The zero-order chi connectivity index (χ0) is 12.3. The highest BCUT2D eigenvalue weighted by Crippen LogP contribution is 2.27. The van der Waals surface area contributed by atoms with Crippen LogP contribution < -0.4 is 5.32 Å². The number of hydrogen-bond donors (Lipinski definition) is 1. The molecule has 1 atom stereocenters. The van der Waals surface area contributed by atoms with Gasteiger partial charge in [-0.3, -0.25) is 4.79 Å². The van der Waals surface area contributed by atoms with E-state index in [4.69, 9.17) is 0 Å². The van der Waals surface area contributed by atoms with Crippen molar-refractivity contribution in [2.75, 3.05) is 5.32 Å². The summed E-state index contributed by atoms with van der Waals surface area (Å²) in [5, 5.41) is 2.86. The molecule has 0 spiro atoms. The van der Waals surface area contributed by atoms with Gasteiger partial charge in [0, 0.05) is 8.95 Å². The summed E-state index contributed by atoms with van der Waals surface area (Å²) in [6.45, 7) is 3.99. The second-order valence-corrected chi connectivity index (χ2v) is 6.52. The van der Waals surface area contributed by atoms with E-state index in [0.717, 1.165) is 14.6 Å². The lowest BCUT2D eigenvalue weighted by atomic mass is 10.1. The van der Waals surface area contributed by atoms with E-state index in [1.807, 2.05) is 32.0 Å². The van der Waals surface area contributed by atoms with Crippen molar-refractivity contribution in [2.24, 2.45) is 5.92 Å². The van der Waals surface area contributed by atoms with Gasteiger partial charge >= 0.3 is 0 Å². The van der Waals surface area contributed by atoms with E-state index in [1.165, 1.54) is 0 Å².